The zero-order chi connectivity index (χ0) is 11.7. The summed E-state index contributed by atoms with van der Waals surface area (Å²) in [6.45, 7) is 5.93. The zero-order valence-electron chi connectivity index (χ0n) is 9.57. The van der Waals surface area contributed by atoms with E-state index >= 15 is 0 Å². The third-order valence-electron chi connectivity index (χ3n) is 3.17. The van der Waals surface area contributed by atoms with E-state index in [2.05, 4.69) is 22.9 Å². The lowest BCUT2D eigenvalue weighted by Gasteiger charge is -2.34. The number of rotatable bonds is 1. The van der Waals surface area contributed by atoms with Crippen LogP contribution in [-0.2, 0) is 0 Å². The van der Waals surface area contributed by atoms with Crippen LogP contribution in [0.15, 0.2) is 10.8 Å². The molecule has 0 aromatic carbocycles. The number of thiophene rings is 1. The number of hydrogen-bond donors (Lipinski definition) is 0. The minimum absolute atomic E-state index is 0.199. The Balaban J connectivity index is 2.09. The van der Waals surface area contributed by atoms with Crippen LogP contribution in [-0.4, -0.2) is 28.7 Å². The van der Waals surface area contributed by atoms with Gasteiger partial charge in [-0.15, -0.1) is 0 Å². The fourth-order valence-corrected chi connectivity index (χ4v) is 3.25. The van der Waals surface area contributed by atoms with Crippen molar-refractivity contribution in [3.63, 3.8) is 0 Å². The molecule has 1 aromatic heterocycles. The first-order valence-electron chi connectivity index (χ1n) is 5.55. The van der Waals surface area contributed by atoms with Gasteiger partial charge >= 0.3 is 0 Å². The van der Waals surface area contributed by atoms with Crippen LogP contribution in [0.2, 0.25) is 0 Å². The van der Waals surface area contributed by atoms with Crippen molar-refractivity contribution in [2.24, 2.45) is 5.92 Å². The van der Waals surface area contributed by atoms with Gasteiger partial charge in [0.05, 0.1) is 5.56 Å². The lowest BCUT2D eigenvalue weighted by molar-refractivity contribution is 0.0690. The number of alkyl halides is 1. The first-order valence-corrected chi connectivity index (χ1v) is 7.41. The predicted molar refractivity (Wildman–Crippen MR) is 71.5 cm³/mol. The molecule has 1 fully saturated rings. The first kappa shape index (κ1) is 12.1. The van der Waals surface area contributed by atoms with Gasteiger partial charge in [0.25, 0.3) is 5.91 Å². The molecule has 2 nitrogen and oxygen atoms in total. The van der Waals surface area contributed by atoms with E-state index in [1.807, 2.05) is 22.6 Å². The largest absolute Gasteiger partial charge is 0.338 e. The fourth-order valence-electron chi connectivity index (χ4n) is 2.05. The maximum absolute atomic E-state index is 12.3. The van der Waals surface area contributed by atoms with Gasteiger partial charge < -0.3 is 4.90 Å². The average Bonchev–Trinajstić information content (AvgIpc) is 2.67. The molecule has 2 unspecified atom stereocenters. The van der Waals surface area contributed by atoms with Crippen molar-refractivity contribution < 1.29 is 4.79 Å². The molecular weight excluding hydrogens is 286 g/mol. The van der Waals surface area contributed by atoms with Crippen molar-refractivity contribution in [3.8, 4) is 0 Å². The minimum Gasteiger partial charge on any atom is -0.338 e. The number of piperidine rings is 1. The number of amides is 1. The predicted octanol–water partition coefficient (Wildman–Crippen LogP) is 3.30. The van der Waals surface area contributed by atoms with Crippen LogP contribution in [0.4, 0.5) is 0 Å². The van der Waals surface area contributed by atoms with E-state index in [0.717, 1.165) is 30.6 Å². The highest BCUT2D eigenvalue weighted by molar-refractivity contribution is 9.09. The van der Waals surface area contributed by atoms with E-state index in [0.29, 0.717) is 10.7 Å². The highest BCUT2D eigenvalue weighted by Gasteiger charge is 2.28. The molecule has 1 aliphatic heterocycles. The lowest BCUT2D eigenvalue weighted by Crippen LogP contribution is -2.43. The van der Waals surface area contributed by atoms with Gasteiger partial charge in [-0.1, -0.05) is 22.9 Å². The van der Waals surface area contributed by atoms with Crippen molar-refractivity contribution >= 4 is 33.2 Å². The summed E-state index contributed by atoms with van der Waals surface area (Å²) < 4.78 is 0. The molecule has 1 aromatic rings. The molecule has 2 atom stereocenters. The Morgan fingerprint density at radius 3 is 2.88 bits per heavy atom. The van der Waals surface area contributed by atoms with Crippen molar-refractivity contribution in [2.75, 3.05) is 13.1 Å². The Hall–Kier alpha value is -0.350. The zero-order valence-corrected chi connectivity index (χ0v) is 12.0. The molecule has 16 heavy (non-hydrogen) atoms. The Morgan fingerprint density at radius 1 is 1.56 bits per heavy atom. The van der Waals surface area contributed by atoms with Crippen LogP contribution in [0, 0.1) is 12.8 Å². The van der Waals surface area contributed by atoms with Gasteiger partial charge in [-0.25, -0.2) is 0 Å². The summed E-state index contributed by atoms with van der Waals surface area (Å²) in [6.07, 6.45) is 1.05. The first-order chi connectivity index (χ1) is 7.59. The van der Waals surface area contributed by atoms with Crippen LogP contribution in [0.25, 0.3) is 0 Å². The highest BCUT2D eigenvalue weighted by atomic mass is 79.9. The van der Waals surface area contributed by atoms with Crippen LogP contribution in [0.5, 0.6) is 0 Å². The summed E-state index contributed by atoms with van der Waals surface area (Å²) in [7, 11) is 0. The van der Waals surface area contributed by atoms with Crippen molar-refractivity contribution in [2.45, 2.75) is 25.1 Å². The van der Waals surface area contributed by atoms with Gasteiger partial charge in [0.1, 0.15) is 0 Å². The summed E-state index contributed by atoms with van der Waals surface area (Å²) in [6, 6.07) is 0. The molecule has 2 rings (SSSR count). The summed E-state index contributed by atoms with van der Waals surface area (Å²) in [5, 5.41) is 4.00. The number of likely N-dealkylation sites (tertiary alicyclic amines) is 1. The molecule has 0 spiro atoms. The third-order valence-corrected chi connectivity index (χ3v) is 5.40. The van der Waals surface area contributed by atoms with Crippen molar-refractivity contribution in [3.05, 3.63) is 21.9 Å². The number of carbonyl (C=O) groups excluding carboxylic acids is 1. The van der Waals surface area contributed by atoms with Gasteiger partial charge in [0.2, 0.25) is 0 Å². The minimum atomic E-state index is 0.199. The maximum Gasteiger partial charge on any atom is 0.254 e. The Kier molecular flexibility index (Phi) is 3.70. The summed E-state index contributed by atoms with van der Waals surface area (Å²) >= 11 is 5.26. The van der Waals surface area contributed by atoms with E-state index < -0.39 is 0 Å². The molecule has 0 saturated carbocycles. The maximum atomic E-state index is 12.3. The monoisotopic (exact) mass is 301 g/mol. The number of hydrogen-bond acceptors (Lipinski definition) is 2. The molecule has 4 heteroatoms. The second-order valence-electron chi connectivity index (χ2n) is 4.50. The molecule has 1 amide bonds. The smallest absolute Gasteiger partial charge is 0.254 e. The third kappa shape index (κ3) is 2.33. The molecular formula is C12H16BrNOS. The number of nitrogens with zero attached hydrogens (tertiary/aromatic N) is 1. The average molecular weight is 302 g/mol. The van der Waals surface area contributed by atoms with E-state index in [4.69, 9.17) is 0 Å². The van der Waals surface area contributed by atoms with Gasteiger partial charge in [-0.05, 0) is 30.2 Å². The molecule has 88 valence electrons. The van der Waals surface area contributed by atoms with Gasteiger partial charge in [-0.3, -0.25) is 4.79 Å². The van der Waals surface area contributed by atoms with Gasteiger partial charge in [-0.2, -0.15) is 11.3 Å². The van der Waals surface area contributed by atoms with E-state index in [9.17, 15) is 4.79 Å². The summed E-state index contributed by atoms with van der Waals surface area (Å²) in [5.74, 6) is 0.738. The number of carbonyl (C=O) groups is 1. The molecule has 2 heterocycles. The quantitative estimate of drug-likeness (QED) is 0.729. The lowest BCUT2D eigenvalue weighted by atomic mass is 9.99. The van der Waals surface area contributed by atoms with Crippen LogP contribution < -0.4 is 0 Å². The second-order valence-corrected chi connectivity index (χ2v) is 6.42. The van der Waals surface area contributed by atoms with Crippen LogP contribution in [0.1, 0.15) is 29.3 Å². The SMILES string of the molecule is Cc1cscc1C(=O)N1CCC(Br)C(C)C1. The summed E-state index contributed by atoms with van der Waals surface area (Å²) in [5.41, 5.74) is 1.98. The standard InChI is InChI=1S/C12H16BrNOS/c1-8-5-14(4-3-11(8)13)12(15)10-7-16-6-9(10)2/h6-8,11H,3-5H2,1-2H3. The molecule has 1 saturated heterocycles. The Labute approximate surface area is 109 Å². The fraction of sp³-hybridized carbons (Fsp3) is 0.583. The Morgan fingerprint density at radius 2 is 2.31 bits per heavy atom. The Bertz CT molecular complexity index is 390. The van der Waals surface area contributed by atoms with E-state index in [1.165, 1.54) is 0 Å². The molecule has 0 radical (unpaired) electrons. The van der Waals surface area contributed by atoms with Crippen molar-refractivity contribution in [1.29, 1.82) is 0 Å². The number of aryl methyl sites for hydroxylation is 1. The molecule has 0 N–H and O–H groups in total. The van der Waals surface area contributed by atoms with Crippen LogP contribution in [0.3, 0.4) is 0 Å². The second kappa shape index (κ2) is 4.88. The van der Waals surface area contributed by atoms with Gasteiger partial charge in [0, 0.05) is 23.3 Å². The molecule has 0 aliphatic carbocycles. The normalized spacial score (nSPS) is 25.8. The molecule has 1 aliphatic rings. The van der Waals surface area contributed by atoms with Gasteiger partial charge in [0.15, 0.2) is 0 Å². The topological polar surface area (TPSA) is 20.3 Å². The van der Waals surface area contributed by atoms with E-state index in [1.54, 1.807) is 11.3 Å². The molecule has 0 bridgehead atoms. The summed E-state index contributed by atoms with van der Waals surface area (Å²) in [4.78, 5) is 14.8. The number of halogens is 1. The van der Waals surface area contributed by atoms with E-state index in [-0.39, 0.29) is 5.91 Å². The van der Waals surface area contributed by atoms with Crippen LogP contribution >= 0.6 is 27.3 Å². The van der Waals surface area contributed by atoms with Crippen molar-refractivity contribution in [1.82, 2.24) is 4.90 Å². The highest BCUT2D eigenvalue weighted by Crippen LogP contribution is 2.25.